The monoisotopic (exact) mass is 402 g/mol. The minimum absolute atomic E-state index is 0.120. The molecule has 0 aromatic heterocycles. The van der Waals surface area contributed by atoms with Gasteiger partial charge in [-0.15, -0.1) is 0 Å². The Morgan fingerprint density at radius 3 is 1.30 bits per heavy atom. The van der Waals surface area contributed by atoms with Gasteiger partial charge in [0.1, 0.15) is 0 Å². The summed E-state index contributed by atoms with van der Waals surface area (Å²) in [4.78, 5) is 37.4. The fourth-order valence-electron chi connectivity index (χ4n) is 2.18. The Morgan fingerprint density at radius 2 is 1.00 bits per heavy atom. The fraction of sp³-hybridized carbons (Fsp3) is 0.0800. The normalized spacial score (nSPS) is 11.4. The first-order valence-electron chi connectivity index (χ1n) is 9.11. The number of Topliss-reactive ketones (excluding diaryl/α,β-unsaturated/α-hetero) is 1. The second kappa shape index (κ2) is 10.5. The number of carbonyl (C=O) groups excluding carboxylic acids is 3. The van der Waals surface area contributed by atoms with Gasteiger partial charge in [-0.2, -0.15) is 0 Å². The lowest BCUT2D eigenvalue weighted by molar-refractivity contribution is -0.140. The summed E-state index contributed by atoms with van der Waals surface area (Å²) in [6.07, 6.45) is 2.80. The first-order chi connectivity index (χ1) is 14.3. The van der Waals surface area contributed by atoms with E-state index in [-0.39, 0.29) is 22.7 Å². The molecule has 0 saturated heterocycles. The molecule has 0 spiro atoms. The van der Waals surface area contributed by atoms with E-state index in [0.29, 0.717) is 11.1 Å². The van der Waals surface area contributed by atoms with Gasteiger partial charge in [-0.05, 0) is 37.1 Å². The van der Waals surface area contributed by atoms with Crippen LogP contribution in [0.1, 0.15) is 25.0 Å². The van der Waals surface area contributed by atoms with Crippen LogP contribution in [0.5, 0.6) is 0 Å². The summed E-state index contributed by atoms with van der Waals surface area (Å²) in [7, 11) is 0. The number of esters is 2. The van der Waals surface area contributed by atoms with E-state index in [9.17, 15) is 14.4 Å². The number of rotatable bonds is 8. The Morgan fingerprint density at radius 1 is 0.667 bits per heavy atom. The standard InChI is InChI=1S/C25H22O5/c1-17(2)24(27)29-21(15-19-11-7-5-8-12-19)23(26)22(30-25(28)18(3)4)16-20-13-9-6-10-14-20/h5-16H,1,3H2,2,4H3. The molecule has 0 atom stereocenters. The van der Waals surface area contributed by atoms with Gasteiger partial charge in [0.25, 0.3) is 5.78 Å². The number of ketones is 1. The van der Waals surface area contributed by atoms with E-state index in [4.69, 9.17) is 9.47 Å². The van der Waals surface area contributed by atoms with Crippen LogP contribution < -0.4 is 0 Å². The average molecular weight is 402 g/mol. The maximum Gasteiger partial charge on any atom is 0.338 e. The largest absolute Gasteiger partial charge is 0.419 e. The van der Waals surface area contributed by atoms with Crippen molar-refractivity contribution >= 4 is 29.9 Å². The molecule has 0 fully saturated rings. The zero-order valence-corrected chi connectivity index (χ0v) is 16.9. The molecule has 0 aliphatic heterocycles. The van der Waals surface area contributed by atoms with Crippen molar-refractivity contribution in [2.45, 2.75) is 13.8 Å². The lowest BCUT2D eigenvalue weighted by atomic mass is 10.1. The highest BCUT2D eigenvalue weighted by Gasteiger charge is 2.24. The highest BCUT2D eigenvalue weighted by atomic mass is 16.6. The van der Waals surface area contributed by atoms with Crippen molar-refractivity contribution in [3.8, 4) is 0 Å². The predicted octanol–water partition coefficient (Wildman–Crippen LogP) is 4.88. The Kier molecular flexibility index (Phi) is 7.82. The van der Waals surface area contributed by atoms with Crippen LogP contribution in [0.25, 0.3) is 12.2 Å². The third kappa shape index (κ3) is 6.56. The minimum atomic E-state index is -0.771. The third-order valence-electron chi connectivity index (χ3n) is 3.74. The molecule has 2 aromatic rings. The number of carbonyl (C=O) groups is 3. The molecule has 0 N–H and O–H groups in total. The second-order valence-corrected chi connectivity index (χ2v) is 6.51. The van der Waals surface area contributed by atoms with Crippen molar-refractivity contribution in [1.82, 2.24) is 0 Å². The van der Waals surface area contributed by atoms with Crippen molar-refractivity contribution < 1.29 is 23.9 Å². The van der Waals surface area contributed by atoms with Crippen LogP contribution in [0, 0.1) is 0 Å². The second-order valence-electron chi connectivity index (χ2n) is 6.51. The van der Waals surface area contributed by atoms with Crippen molar-refractivity contribution in [3.63, 3.8) is 0 Å². The first kappa shape index (κ1) is 22.3. The molecule has 152 valence electrons. The molecule has 5 nitrogen and oxygen atoms in total. The molecule has 0 bridgehead atoms. The summed E-state index contributed by atoms with van der Waals surface area (Å²) in [6.45, 7) is 10.0. The van der Waals surface area contributed by atoms with Gasteiger partial charge in [-0.3, -0.25) is 4.79 Å². The van der Waals surface area contributed by atoms with Crippen molar-refractivity contribution in [2.24, 2.45) is 0 Å². The zero-order valence-electron chi connectivity index (χ0n) is 16.9. The van der Waals surface area contributed by atoms with Gasteiger partial charge in [-0.1, -0.05) is 73.8 Å². The van der Waals surface area contributed by atoms with E-state index < -0.39 is 17.7 Å². The molecule has 2 aromatic carbocycles. The van der Waals surface area contributed by atoms with Gasteiger partial charge in [0, 0.05) is 11.1 Å². The quantitative estimate of drug-likeness (QED) is 0.358. The third-order valence-corrected chi connectivity index (χ3v) is 3.74. The van der Waals surface area contributed by atoms with E-state index >= 15 is 0 Å². The van der Waals surface area contributed by atoms with E-state index in [0.717, 1.165) is 0 Å². The number of ether oxygens (including phenoxy) is 2. The maximum absolute atomic E-state index is 13.2. The Bertz CT molecular complexity index is 944. The van der Waals surface area contributed by atoms with Crippen LogP contribution in [0.4, 0.5) is 0 Å². The van der Waals surface area contributed by atoms with E-state index in [2.05, 4.69) is 13.2 Å². The summed E-state index contributed by atoms with van der Waals surface area (Å²) in [5, 5.41) is 0. The Balaban J connectivity index is 2.52. The molecule has 0 amide bonds. The van der Waals surface area contributed by atoms with E-state index in [1.165, 1.54) is 26.0 Å². The van der Waals surface area contributed by atoms with Gasteiger partial charge in [0.05, 0.1) is 0 Å². The molecule has 0 aliphatic carbocycles. The maximum atomic E-state index is 13.2. The first-order valence-corrected chi connectivity index (χ1v) is 9.11. The lowest BCUT2D eigenvalue weighted by Crippen LogP contribution is -2.18. The molecule has 0 heterocycles. The molecule has 0 unspecified atom stereocenters. The average Bonchev–Trinajstić information content (AvgIpc) is 2.73. The topological polar surface area (TPSA) is 69.7 Å². The SMILES string of the molecule is C=C(C)C(=O)OC(=Cc1ccccc1)C(=O)C(=Cc1ccccc1)OC(=O)C(=C)C. The summed E-state index contributed by atoms with van der Waals surface area (Å²) < 4.78 is 10.5. The number of benzene rings is 2. The Labute approximate surface area is 175 Å². The molecular weight excluding hydrogens is 380 g/mol. The fourth-order valence-corrected chi connectivity index (χ4v) is 2.18. The van der Waals surface area contributed by atoms with E-state index in [1.807, 2.05) is 12.1 Å². The zero-order chi connectivity index (χ0) is 22.1. The molecule has 5 heteroatoms. The molecule has 0 aliphatic rings. The molecule has 2 rings (SSSR count). The highest BCUT2D eigenvalue weighted by Crippen LogP contribution is 2.19. The van der Waals surface area contributed by atoms with Crippen LogP contribution in [0.3, 0.4) is 0 Å². The van der Waals surface area contributed by atoms with Gasteiger partial charge in [0.2, 0.25) is 0 Å². The van der Waals surface area contributed by atoms with Crippen LogP contribution in [-0.4, -0.2) is 17.7 Å². The summed E-state index contributed by atoms with van der Waals surface area (Å²) >= 11 is 0. The van der Waals surface area contributed by atoms with Crippen LogP contribution in [0.2, 0.25) is 0 Å². The molecular formula is C25H22O5. The molecule has 0 saturated carbocycles. The smallest absolute Gasteiger partial charge is 0.338 e. The van der Waals surface area contributed by atoms with Gasteiger partial charge in [0.15, 0.2) is 11.5 Å². The summed E-state index contributed by atoms with van der Waals surface area (Å²) in [6, 6.07) is 17.7. The Hall–Kier alpha value is -3.99. The highest BCUT2D eigenvalue weighted by molar-refractivity contribution is 6.13. The predicted molar refractivity (Wildman–Crippen MR) is 116 cm³/mol. The van der Waals surface area contributed by atoms with Crippen molar-refractivity contribution in [1.29, 1.82) is 0 Å². The summed E-state index contributed by atoms with van der Waals surface area (Å²) in [5.41, 5.74) is 1.49. The number of hydrogen-bond donors (Lipinski definition) is 0. The van der Waals surface area contributed by atoms with Crippen molar-refractivity contribution in [3.05, 3.63) is 108 Å². The lowest BCUT2D eigenvalue weighted by Gasteiger charge is -2.12. The van der Waals surface area contributed by atoms with Crippen LogP contribution in [0.15, 0.2) is 96.5 Å². The summed E-state index contributed by atoms with van der Waals surface area (Å²) in [5.74, 6) is -2.91. The van der Waals surface area contributed by atoms with E-state index in [1.54, 1.807) is 48.5 Å². The van der Waals surface area contributed by atoms with Gasteiger partial charge in [-0.25, -0.2) is 9.59 Å². The minimum Gasteiger partial charge on any atom is -0.419 e. The van der Waals surface area contributed by atoms with Crippen molar-refractivity contribution in [2.75, 3.05) is 0 Å². The molecule has 0 radical (unpaired) electrons. The van der Waals surface area contributed by atoms with Crippen LogP contribution >= 0.6 is 0 Å². The molecule has 30 heavy (non-hydrogen) atoms. The van der Waals surface area contributed by atoms with Gasteiger partial charge >= 0.3 is 11.9 Å². The van der Waals surface area contributed by atoms with Crippen LogP contribution in [-0.2, 0) is 23.9 Å². The van der Waals surface area contributed by atoms with Gasteiger partial charge < -0.3 is 9.47 Å². The number of hydrogen-bond acceptors (Lipinski definition) is 5.